The highest BCUT2D eigenvalue weighted by molar-refractivity contribution is 5.97. The van der Waals surface area contributed by atoms with Crippen molar-refractivity contribution >= 4 is 53.3 Å². The third kappa shape index (κ3) is 15.4. The molecule has 2 aromatic carbocycles. The Hall–Kier alpha value is -6.73. The molecule has 20 nitrogen and oxygen atoms in total. The second kappa shape index (κ2) is 23.8. The summed E-state index contributed by atoms with van der Waals surface area (Å²) in [6.07, 6.45) is 1.48. The van der Waals surface area contributed by atoms with Crippen molar-refractivity contribution < 1.29 is 33.6 Å². The van der Waals surface area contributed by atoms with Gasteiger partial charge in [-0.25, -0.2) is 0 Å². The van der Waals surface area contributed by atoms with Crippen molar-refractivity contribution in [3.8, 4) is 0 Å². The minimum Gasteiger partial charge on any atom is -0.370 e. The summed E-state index contributed by atoms with van der Waals surface area (Å²) in [5.74, 6) is -4.56. The van der Waals surface area contributed by atoms with E-state index in [0.717, 1.165) is 5.56 Å². The second-order valence-corrected chi connectivity index (χ2v) is 15.0. The zero-order valence-corrected chi connectivity index (χ0v) is 34.4. The molecule has 330 valence electrons. The fourth-order valence-electron chi connectivity index (χ4n) is 7.22. The maximum absolute atomic E-state index is 14.4. The van der Waals surface area contributed by atoms with Gasteiger partial charge >= 0.3 is 0 Å². The average molecular weight is 846 g/mol. The Morgan fingerprint density at radius 3 is 1.87 bits per heavy atom. The lowest BCUT2D eigenvalue weighted by atomic mass is 10.0. The topological polar surface area (TPSA) is 324 Å². The quantitative estimate of drug-likeness (QED) is 0.0509. The molecular formula is C41H59N13O7. The van der Waals surface area contributed by atoms with Crippen LogP contribution in [0.15, 0.2) is 70.6 Å². The summed E-state index contributed by atoms with van der Waals surface area (Å²) < 4.78 is 0. The molecule has 7 amide bonds. The highest BCUT2D eigenvalue weighted by atomic mass is 16.2. The van der Waals surface area contributed by atoms with Gasteiger partial charge in [-0.2, -0.15) is 0 Å². The molecule has 14 N–H and O–H groups in total. The van der Waals surface area contributed by atoms with Crippen molar-refractivity contribution in [2.45, 2.75) is 101 Å². The normalized spacial score (nSPS) is 21.9. The molecule has 3 unspecified atom stereocenters. The Morgan fingerprint density at radius 1 is 0.738 bits per heavy atom. The fraction of sp³-hybridized carbons (Fsp3) is 0.488. The fourth-order valence-corrected chi connectivity index (χ4v) is 7.22. The number of guanidine groups is 2. The number of fused-ring (bicyclic) bond motifs is 1. The maximum Gasteiger partial charge on any atom is 0.245 e. The predicted molar refractivity (Wildman–Crippen MR) is 228 cm³/mol. The first-order valence-corrected chi connectivity index (χ1v) is 20.5. The van der Waals surface area contributed by atoms with E-state index in [1.54, 1.807) is 48.5 Å². The molecule has 20 heteroatoms. The monoisotopic (exact) mass is 845 g/mol. The zero-order valence-electron chi connectivity index (χ0n) is 34.4. The van der Waals surface area contributed by atoms with E-state index in [0.29, 0.717) is 12.0 Å². The van der Waals surface area contributed by atoms with Crippen molar-refractivity contribution in [1.29, 1.82) is 0 Å². The number of carbonyl (C=O) groups excluding carboxylic acids is 7. The number of rotatable bonds is 15. The lowest BCUT2D eigenvalue weighted by molar-refractivity contribution is -0.142. The van der Waals surface area contributed by atoms with Gasteiger partial charge in [0.2, 0.25) is 41.4 Å². The lowest BCUT2D eigenvalue weighted by Crippen LogP contribution is -2.59. The molecule has 0 saturated carbocycles. The number of nitrogens with one attached hydrogen (secondary N) is 6. The predicted octanol–water partition coefficient (Wildman–Crippen LogP) is -2.47. The third-order valence-corrected chi connectivity index (χ3v) is 10.2. The van der Waals surface area contributed by atoms with E-state index in [2.05, 4.69) is 41.9 Å². The molecule has 4 rings (SSSR count). The van der Waals surface area contributed by atoms with Crippen LogP contribution in [0.3, 0.4) is 0 Å². The van der Waals surface area contributed by atoms with E-state index in [4.69, 9.17) is 22.9 Å². The first kappa shape index (κ1) is 47.0. The van der Waals surface area contributed by atoms with Crippen LogP contribution in [0.25, 0.3) is 0 Å². The van der Waals surface area contributed by atoms with Crippen LogP contribution in [0.2, 0.25) is 0 Å². The molecule has 0 aromatic heterocycles. The van der Waals surface area contributed by atoms with E-state index in [1.807, 2.05) is 12.1 Å². The van der Waals surface area contributed by atoms with Crippen molar-refractivity contribution in [3.63, 3.8) is 0 Å². The van der Waals surface area contributed by atoms with Crippen LogP contribution in [0, 0.1) is 0 Å². The summed E-state index contributed by atoms with van der Waals surface area (Å²) in [5, 5.41) is 16.6. The minimum absolute atomic E-state index is 0.0471. The Bertz CT molecular complexity index is 1890. The Labute approximate surface area is 354 Å². The van der Waals surface area contributed by atoms with Gasteiger partial charge in [-0.15, -0.1) is 0 Å². The molecule has 2 aliphatic heterocycles. The highest BCUT2D eigenvalue weighted by Crippen LogP contribution is 2.20. The van der Waals surface area contributed by atoms with Crippen LogP contribution in [-0.4, -0.2) is 121 Å². The molecule has 61 heavy (non-hydrogen) atoms. The molecule has 0 radical (unpaired) electrons. The van der Waals surface area contributed by atoms with Gasteiger partial charge in [0.1, 0.15) is 36.3 Å². The van der Waals surface area contributed by atoms with Gasteiger partial charge in [-0.05, 0) is 56.1 Å². The molecular weight excluding hydrogens is 787 g/mol. The van der Waals surface area contributed by atoms with Crippen molar-refractivity contribution in [1.82, 2.24) is 36.8 Å². The van der Waals surface area contributed by atoms with Gasteiger partial charge in [0, 0.05) is 45.9 Å². The number of hydrogen-bond donors (Lipinski definition) is 10. The van der Waals surface area contributed by atoms with Crippen LogP contribution in [-0.2, 0) is 46.4 Å². The van der Waals surface area contributed by atoms with Crippen molar-refractivity contribution in [2.75, 3.05) is 26.2 Å². The molecule has 2 saturated heterocycles. The second-order valence-electron chi connectivity index (χ2n) is 15.0. The van der Waals surface area contributed by atoms with Crippen LogP contribution in [0.1, 0.15) is 63.0 Å². The van der Waals surface area contributed by atoms with Crippen LogP contribution < -0.4 is 54.8 Å². The average Bonchev–Trinajstić information content (AvgIpc) is 3.72. The summed E-state index contributed by atoms with van der Waals surface area (Å²) in [6, 6.07) is 11.1. The molecule has 0 spiro atoms. The number of benzene rings is 2. The Kier molecular flexibility index (Phi) is 18.3. The smallest absolute Gasteiger partial charge is 0.245 e. The van der Waals surface area contributed by atoms with Gasteiger partial charge in [-0.1, -0.05) is 60.7 Å². The number of hydrogen-bond acceptors (Lipinski definition) is 9. The van der Waals surface area contributed by atoms with Gasteiger partial charge in [0.05, 0.1) is 0 Å². The van der Waals surface area contributed by atoms with E-state index < -0.39 is 77.6 Å². The molecule has 2 aliphatic rings. The number of nitrogens with two attached hydrogens (primary N) is 4. The largest absolute Gasteiger partial charge is 0.370 e. The van der Waals surface area contributed by atoms with Crippen molar-refractivity contribution in [2.24, 2.45) is 32.9 Å². The number of carbonyl (C=O) groups is 7. The SMILES string of the molecule is CC(=O)N[C@@H](Cc1ccccc1)C(=O)N[C@H]1CCNC(=O)C(CCCN=C(N)N)NC(=O)C(Cc2ccccc2)NC(=O)[C@@H](CCCN=C(N)N)NC(=O)C2CCCN2C1=O. The Balaban J connectivity index is 1.70. The number of amides is 7. The van der Waals surface area contributed by atoms with Crippen molar-refractivity contribution in [3.05, 3.63) is 71.8 Å². The summed E-state index contributed by atoms with van der Waals surface area (Å²) in [7, 11) is 0. The highest BCUT2D eigenvalue weighted by Gasteiger charge is 2.40. The van der Waals surface area contributed by atoms with E-state index in [-0.39, 0.29) is 89.5 Å². The molecule has 2 aromatic rings. The maximum atomic E-state index is 14.4. The van der Waals surface area contributed by atoms with Gasteiger partial charge in [0.25, 0.3) is 0 Å². The van der Waals surface area contributed by atoms with E-state index in [1.165, 1.54) is 11.8 Å². The first-order valence-electron chi connectivity index (χ1n) is 20.5. The molecule has 2 heterocycles. The molecule has 0 bridgehead atoms. The van der Waals surface area contributed by atoms with E-state index in [9.17, 15) is 33.6 Å². The molecule has 2 fully saturated rings. The molecule has 6 atom stereocenters. The molecule has 0 aliphatic carbocycles. The van der Waals surface area contributed by atoms with E-state index >= 15 is 0 Å². The number of aliphatic imine (C=N–C) groups is 2. The third-order valence-electron chi connectivity index (χ3n) is 10.2. The van der Waals surface area contributed by atoms with Crippen LogP contribution in [0.4, 0.5) is 0 Å². The zero-order chi connectivity index (χ0) is 44.3. The summed E-state index contributed by atoms with van der Waals surface area (Å²) >= 11 is 0. The number of nitrogens with zero attached hydrogens (tertiary/aromatic N) is 3. The first-order chi connectivity index (χ1) is 29.2. The van der Waals surface area contributed by atoms with Gasteiger partial charge in [-0.3, -0.25) is 43.5 Å². The Morgan fingerprint density at radius 2 is 1.28 bits per heavy atom. The summed E-state index contributed by atoms with van der Waals surface area (Å²) in [6.45, 7) is 1.62. The summed E-state index contributed by atoms with van der Waals surface area (Å²) in [4.78, 5) is 106. The lowest BCUT2D eigenvalue weighted by Gasteiger charge is -2.31. The standard InChI is InChI=1S/C41H59N13O7/c1-25(55)49-31(23-26-11-4-2-5-12-26)36(58)52-30-18-21-46-34(56)28(15-8-19-47-40(42)43)50-37(59)32(24-27-13-6-3-7-14-27)53-35(57)29(16-9-20-48-41(44)45)51-38(60)33-17-10-22-54(33)39(30)61/h2-7,11-14,28-33H,8-10,15-24H2,1H3,(H,46,56)(H,49,55)(H,50,59)(H,51,60)(H,52,58)(H,53,57)(H4,42,43,47)(H4,44,45,48)/t28?,29-,30+,31+,32?,33?/m1/s1. The summed E-state index contributed by atoms with van der Waals surface area (Å²) in [5.41, 5.74) is 23.5. The van der Waals surface area contributed by atoms with Gasteiger partial charge < -0.3 is 59.7 Å². The minimum atomic E-state index is -1.26. The van der Waals surface area contributed by atoms with Crippen LogP contribution >= 0.6 is 0 Å². The van der Waals surface area contributed by atoms with Gasteiger partial charge in [0.15, 0.2) is 11.9 Å². The van der Waals surface area contributed by atoms with Crippen LogP contribution in [0.5, 0.6) is 0 Å².